The molecular formula is C24H31Cl2N3O4S. The molecule has 34 heavy (non-hydrogen) atoms. The van der Waals surface area contributed by atoms with Crippen LogP contribution < -0.4 is 9.62 Å². The van der Waals surface area contributed by atoms with E-state index in [0.29, 0.717) is 27.8 Å². The zero-order chi connectivity index (χ0) is 25.6. The van der Waals surface area contributed by atoms with Crippen molar-refractivity contribution in [1.29, 1.82) is 0 Å². The predicted octanol–water partition coefficient (Wildman–Crippen LogP) is 4.26. The van der Waals surface area contributed by atoms with Crippen LogP contribution in [0.5, 0.6) is 0 Å². The van der Waals surface area contributed by atoms with E-state index in [4.69, 9.17) is 23.2 Å². The van der Waals surface area contributed by atoms with Crippen molar-refractivity contribution < 1.29 is 18.0 Å². The summed E-state index contributed by atoms with van der Waals surface area (Å²) in [5, 5.41) is 3.77. The van der Waals surface area contributed by atoms with Crippen molar-refractivity contribution in [2.75, 3.05) is 23.7 Å². The summed E-state index contributed by atoms with van der Waals surface area (Å²) >= 11 is 12.2. The van der Waals surface area contributed by atoms with E-state index in [-0.39, 0.29) is 18.4 Å². The lowest BCUT2D eigenvalue weighted by Crippen LogP contribution is -2.51. The average Bonchev–Trinajstić information content (AvgIpc) is 2.76. The van der Waals surface area contributed by atoms with E-state index in [1.807, 2.05) is 13.8 Å². The molecule has 7 nitrogen and oxygen atoms in total. The summed E-state index contributed by atoms with van der Waals surface area (Å²) in [6.07, 6.45) is 1.03. The molecule has 0 aliphatic carbocycles. The Morgan fingerprint density at radius 1 is 1.03 bits per heavy atom. The Morgan fingerprint density at radius 3 is 2.21 bits per heavy atom. The molecule has 0 saturated carbocycles. The van der Waals surface area contributed by atoms with Gasteiger partial charge >= 0.3 is 0 Å². The van der Waals surface area contributed by atoms with Crippen LogP contribution in [0.2, 0.25) is 10.0 Å². The van der Waals surface area contributed by atoms with E-state index < -0.39 is 28.5 Å². The summed E-state index contributed by atoms with van der Waals surface area (Å²) < 4.78 is 26.3. The Bertz CT molecular complexity index is 1120. The van der Waals surface area contributed by atoms with E-state index in [9.17, 15) is 18.0 Å². The number of carbonyl (C=O) groups is 2. The first-order valence-corrected chi connectivity index (χ1v) is 13.5. The molecule has 2 aromatic rings. The summed E-state index contributed by atoms with van der Waals surface area (Å²) in [5.74, 6) is -0.601. The zero-order valence-electron chi connectivity index (χ0n) is 20.0. The summed E-state index contributed by atoms with van der Waals surface area (Å²) in [4.78, 5) is 27.7. The van der Waals surface area contributed by atoms with Gasteiger partial charge in [-0.25, -0.2) is 8.42 Å². The molecule has 0 unspecified atom stereocenters. The minimum absolute atomic E-state index is 0.110. The van der Waals surface area contributed by atoms with Gasteiger partial charge in [-0.05, 0) is 55.2 Å². The van der Waals surface area contributed by atoms with Crippen molar-refractivity contribution >= 4 is 50.7 Å². The van der Waals surface area contributed by atoms with Crippen LogP contribution in [0.1, 0.15) is 31.9 Å². The average molecular weight is 529 g/mol. The third-order valence-corrected chi connectivity index (χ3v) is 7.09. The molecule has 0 aliphatic heterocycles. The summed E-state index contributed by atoms with van der Waals surface area (Å²) in [5.41, 5.74) is 1.60. The van der Waals surface area contributed by atoms with Gasteiger partial charge in [0, 0.05) is 23.1 Å². The summed E-state index contributed by atoms with van der Waals surface area (Å²) in [6, 6.07) is 11.0. The molecule has 1 N–H and O–H groups in total. The minimum Gasteiger partial charge on any atom is -0.354 e. The van der Waals surface area contributed by atoms with Crippen LogP contribution in [0.25, 0.3) is 0 Å². The molecule has 0 bridgehead atoms. The van der Waals surface area contributed by atoms with Crippen molar-refractivity contribution in [3.8, 4) is 0 Å². The van der Waals surface area contributed by atoms with Crippen LogP contribution in [0.15, 0.2) is 42.5 Å². The standard InChI is InChI=1S/C24H31Cl2N3O4S/c1-16(2)13-27-24(31)18(4)28(14-19-9-11-20(25)12-10-19)23(30)15-29(34(5,32)33)22-8-6-7-21(26)17(22)3/h6-12,16,18H,13-15H2,1-5H3,(H,27,31)/t18-/m0/s1. The van der Waals surface area contributed by atoms with Crippen LogP contribution in [0, 0.1) is 12.8 Å². The van der Waals surface area contributed by atoms with Crippen molar-refractivity contribution in [3.05, 3.63) is 63.6 Å². The number of nitrogens with one attached hydrogen (secondary N) is 1. The lowest BCUT2D eigenvalue weighted by Gasteiger charge is -2.32. The fourth-order valence-electron chi connectivity index (χ4n) is 3.28. The second-order valence-corrected chi connectivity index (χ2v) is 11.4. The predicted molar refractivity (Wildman–Crippen MR) is 138 cm³/mol. The van der Waals surface area contributed by atoms with Gasteiger partial charge in [0.15, 0.2) is 0 Å². The van der Waals surface area contributed by atoms with E-state index in [2.05, 4.69) is 5.32 Å². The van der Waals surface area contributed by atoms with Gasteiger partial charge in [0.05, 0.1) is 11.9 Å². The zero-order valence-corrected chi connectivity index (χ0v) is 22.3. The van der Waals surface area contributed by atoms with Crippen LogP contribution in [0.3, 0.4) is 0 Å². The second-order valence-electron chi connectivity index (χ2n) is 8.62. The van der Waals surface area contributed by atoms with E-state index in [1.165, 1.54) is 4.90 Å². The van der Waals surface area contributed by atoms with Crippen molar-refractivity contribution in [1.82, 2.24) is 10.2 Å². The number of benzene rings is 2. The van der Waals surface area contributed by atoms with Crippen molar-refractivity contribution in [2.45, 2.75) is 40.3 Å². The number of sulfonamides is 1. The molecule has 0 aliphatic rings. The van der Waals surface area contributed by atoms with Crippen LogP contribution >= 0.6 is 23.2 Å². The SMILES string of the molecule is Cc1c(Cl)cccc1N(CC(=O)N(Cc1ccc(Cl)cc1)[C@@H](C)C(=O)NCC(C)C)S(C)(=O)=O. The Balaban J connectivity index is 2.40. The molecule has 2 amide bonds. The van der Waals surface area contributed by atoms with Gasteiger partial charge in [-0.2, -0.15) is 0 Å². The lowest BCUT2D eigenvalue weighted by molar-refractivity contribution is -0.139. The quantitative estimate of drug-likeness (QED) is 0.500. The van der Waals surface area contributed by atoms with Gasteiger partial charge in [-0.3, -0.25) is 13.9 Å². The molecular weight excluding hydrogens is 497 g/mol. The Kier molecular flexibility index (Phi) is 9.79. The third kappa shape index (κ3) is 7.61. The molecule has 186 valence electrons. The normalized spacial score (nSPS) is 12.4. The first-order chi connectivity index (χ1) is 15.8. The van der Waals surface area contributed by atoms with Gasteiger partial charge in [-0.15, -0.1) is 0 Å². The van der Waals surface area contributed by atoms with Crippen molar-refractivity contribution in [3.63, 3.8) is 0 Å². The number of hydrogen-bond acceptors (Lipinski definition) is 4. The van der Waals surface area contributed by atoms with E-state index in [1.54, 1.807) is 56.3 Å². The highest BCUT2D eigenvalue weighted by atomic mass is 35.5. The lowest BCUT2D eigenvalue weighted by atomic mass is 10.1. The number of halogens is 2. The van der Waals surface area contributed by atoms with Crippen LogP contribution in [-0.4, -0.2) is 50.5 Å². The van der Waals surface area contributed by atoms with Crippen LogP contribution in [0.4, 0.5) is 5.69 Å². The van der Waals surface area contributed by atoms with Crippen LogP contribution in [-0.2, 0) is 26.2 Å². The molecule has 0 heterocycles. The number of rotatable bonds is 10. The molecule has 2 aromatic carbocycles. The molecule has 2 rings (SSSR count). The fourth-order valence-corrected chi connectivity index (χ4v) is 4.48. The van der Waals surface area contributed by atoms with Gasteiger partial charge in [0.2, 0.25) is 21.8 Å². The number of carbonyl (C=O) groups excluding carboxylic acids is 2. The maximum Gasteiger partial charge on any atom is 0.244 e. The van der Waals surface area contributed by atoms with Gasteiger partial charge < -0.3 is 10.2 Å². The third-order valence-electron chi connectivity index (χ3n) is 5.31. The Hall–Kier alpha value is -2.29. The van der Waals surface area contributed by atoms with E-state index >= 15 is 0 Å². The number of amides is 2. The number of hydrogen-bond donors (Lipinski definition) is 1. The monoisotopic (exact) mass is 527 g/mol. The topological polar surface area (TPSA) is 86.8 Å². The molecule has 1 atom stereocenters. The highest BCUT2D eigenvalue weighted by molar-refractivity contribution is 7.92. The Morgan fingerprint density at radius 2 is 1.65 bits per heavy atom. The minimum atomic E-state index is -3.82. The highest BCUT2D eigenvalue weighted by Gasteiger charge is 2.30. The van der Waals surface area contributed by atoms with Gasteiger partial charge in [0.1, 0.15) is 12.6 Å². The maximum absolute atomic E-state index is 13.5. The molecule has 0 aromatic heterocycles. The highest BCUT2D eigenvalue weighted by Crippen LogP contribution is 2.28. The Labute approximate surface area is 212 Å². The van der Waals surface area contributed by atoms with E-state index in [0.717, 1.165) is 16.1 Å². The first-order valence-electron chi connectivity index (χ1n) is 10.9. The fraction of sp³-hybridized carbons (Fsp3) is 0.417. The van der Waals surface area contributed by atoms with Crippen molar-refractivity contribution in [2.24, 2.45) is 5.92 Å². The second kappa shape index (κ2) is 11.9. The molecule has 10 heteroatoms. The summed E-state index contributed by atoms with van der Waals surface area (Å²) in [6.45, 7) is 7.35. The molecule has 0 radical (unpaired) electrons. The van der Waals surface area contributed by atoms with Gasteiger partial charge in [0.25, 0.3) is 0 Å². The summed E-state index contributed by atoms with van der Waals surface area (Å²) in [7, 11) is -3.82. The van der Waals surface area contributed by atoms with Gasteiger partial charge in [-0.1, -0.05) is 55.2 Å². The molecule has 0 spiro atoms. The molecule has 0 fully saturated rings. The number of anilines is 1. The smallest absolute Gasteiger partial charge is 0.244 e. The number of nitrogens with zero attached hydrogens (tertiary/aromatic N) is 2. The molecule has 0 saturated heterocycles. The first kappa shape index (κ1) is 28.0. The maximum atomic E-state index is 13.5. The largest absolute Gasteiger partial charge is 0.354 e.